The van der Waals surface area contributed by atoms with Gasteiger partial charge in [-0.3, -0.25) is 14.7 Å². The maximum Gasteiger partial charge on any atom is 0.277 e. The lowest BCUT2D eigenvalue weighted by Crippen LogP contribution is -2.25. The van der Waals surface area contributed by atoms with Crippen LogP contribution in [-0.4, -0.2) is 41.8 Å². The van der Waals surface area contributed by atoms with Gasteiger partial charge in [0.1, 0.15) is 0 Å². The van der Waals surface area contributed by atoms with Crippen LogP contribution in [0.3, 0.4) is 0 Å². The molecule has 0 saturated heterocycles. The molecule has 0 radical (unpaired) electrons. The fraction of sp³-hybridized carbons (Fsp3) is 0.421. The van der Waals surface area contributed by atoms with Crippen LogP contribution in [0.15, 0.2) is 28.7 Å². The Morgan fingerprint density at radius 1 is 1.30 bits per heavy atom. The lowest BCUT2D eigenvalue weighted by atomic mass is 10.1. The highest BCUT2D eigenvalue weighted by atomic mass is 79.9. The zero-order valence-electron chi connectivity index (χ0n) is 15.8. The van der Waals surface area contributed by atoms with Crippen molar-refractivity contribution in [1.29, 1.82) is 0 Å². The van der Waals surface area contributed by atoms with E-state index in [1.165, 1.54) is 0 Å². The molecule has 0 aliphatic carbocycles. The van der Waals surface area contributed by atoms with Crippen molar-refractivity contribution in [2.75, 3.05) is 25.1 Å². The highest BCUT2D eigenvalue weighted by molar-refractivity contribution is 9.10. The topological polar surface area (TPSA) is 96.1 Å². The van der Waals surface area contributed by atoms with Crippen LogP contribution in [0.5, 0.6) is 0 Å². The number of aromatic amines is 1. The number of ether oxygens (including phenoxy) is 1. The molecule has 27 heavy (non-hydrogen) atoms. The van der Waals surface area contributed by atoms with Gasteiger partial charge in [-0.25, -0.2) is 0 Å². The molecule has 1 aromatic heterocycles. The van der Waals surface area contributed by atoms with Crippen LogP contribution in [0, 0.1) is 0 Å². The number of nitrogens with one attached hydrogen (secondary N) is 3. The second-order valence-electron chi connectivity index (χ2n) is 6.30. The minimum absolute atomic E-state index is 0.189. The van der Waals surface area contributed by atoms with E-state index in [0.29, 0.717) is 35.5 Å². The van der Waals surface area contributed by atoms with Gasteiger partial charge in [0.2, 0.25) is 0 Å². The van der Waals surface area contributed by atoms with Crippen molar-refractivity contribution in [2.24, 2.45) is 0 Å². The monoisotopic (exact) mass is 436 g/mol. The fourth-order valence-electron chi connectivity index (χ4n) is 2.43. The van der Waals surface area contributed by atoms with Crippen LogP contribution in [0.4, 0.5) is 5.69 Å². The minimum Gasteiger partial charge on any atom is -0.382 e. The molecular formula is C19H25BrN4O3. The summed E-state index contributed by atoms with van der Waals surface area (Å²) in [6.07, 6.45) is 0.751. The van der Waals surface area contributed by atoms with Gasteiger partial charge in [0.25, 0.3) is 11.8 Å². The molecule has 2 amide bonds. The van der Waals surface area contributed by atoms with Crippen LogP contribution < -0.4 is 10.6 Å². The molecule has 7 nitrogen and oxygen atoms in total. The summed E-state index contributed by atoms with van der Waals surface area (Å²) in [7, 11) is 0. The van der Waals surface area contributed by atoms with Gasteiger partial charge in [0.15, 0.2) is 5.69 Å². The Morgan fingerprint density at radius 2 is 2.07 bits per heavy atom. The Hall–Kier alpha value is -2.19. The third-order valence-corrected chi connectivity index (χ3v) is 4.67. The van der Waals surface area contributed by atoms with Crippen molar-refractivity contribution < 1.29 is 14.3 Å². The van der Waals surface area contributed by atoms with E-state index in [9.17, 15) is 9.59 Å². The first kappa shape index (κ1) is 21.1. The van der Waals surface area contributed by atoms with Crippen LogP contribution in [0.1, 0.15) is 59.7 Å². The molecule has 0 bridgehead atoms. The normalized spacial score (nSPS) is 10.9. The molecule has 0 fully saturated rings. The quantitative estimate of drug-likeness (QED) is 0.522. The summed E-state index contributed by atoms with van der Waals surface area (Å²) in [4.78, 5) is 24.7. The van der Waals surface area contributed by atoms with E-state index in [4.69, 9.17) is 4.74 Å². The summed E-state index contributed by atoms with van der Waals surface area (Å²) in [5.41, 5.74) is 2.15. The number of anilines is 1. The second kappa shape index (κ2) is 10.2. The Bertz CT molecular complexity index is 789. The van der Waals surface area contributed by atoms with Gasteiger partial charge in [0, 0.05) is 31.0 Å². The number of amides is 2. The number of carbonyl (C=O) groups excluding carboxylic acids is 2. The van der Waals surface area contributed by atoms with Crippen LogP contribution in [0.2, 0.25) is 0 Å². The van der Waals surface area contributed by atoms with Crippen molar-refractivity contribution in [3.8, 4) is 0 Å². The molecule has 3 N–H and O–H groups in total. The van der Waals surface area contributed by atoms with E-state index >= 15 is 0 Å². The number of aromatic nitrogens is 2. The van der Waals surface area contributed by atoms with Crippen LogP contribution >= 0.6 is 15.9 Å². The largest absolute Gasteiger partial charge is 0.382 e. The van der Waals surface area contributed by atoms with Crippen molar-refractivity contribution in [3.63, 3.8) is 0 Å². The van der Waals surface area contributed by atoms with E-state index in [-0.39, 0.29) is 23.4 Å². The molecule has 0 spiro atoms. The molecule has 2 rings (SSSR count). The molecule has 146 valence electrons. The van der Waals surface area contributed by atoms with Crippen LogP contribution in [0.25, 0.3) is 0 Å². The smallest absolute Gasteiger partial charge is 0.277 e. The van der Waals surface area contributed by atoms with E-state index in [1.54, 1.807) is 24.3 Å². The van der Waals surface area contributed by atoms with Crippen molar-refractivity contribution in [3.05, 3.63) is 45.7 Å². The summed E-state index contributed by atoms with van der Waals surface area (Å²) in [6, 6.07) is 6.80. The predicted molar refractivity (Wildman–Crippen MR) is 108 cm³/mol. The number of nitrogens with zero attached hydrogens (tertiary/aromatic N) is 1. The number of H-pyrrole nitrogens is 1. The standard InChI is InChI=1S/C19H25BrN4O3/c1-4-27-10-6-9-21-18(25)13-7-5-8-14(11-13)22-19(26)17-15(20)16(12(2)3)23-24-17/h5,7-8,11-12H,4,6,9-10H2,1-3H3,(H,21,25)(H,22,26)(H,23,24). The molecule has 0 unspecified atom stereocenters. The first-order valence-electron chi connectivity index (χ1n) is 8.95. The van der Waals surface area contributed by atoms with E-state index < -0.39 is 0 Å². The first-order chi connectivity index (χ1) is 12.9. The Morgan fingerprint density at radius 3 is 2.74 bits per heavy atom. The lowest BCUT2D eigenvalue weighted by Gasteiger charge is -2.08. The van der Waals surface area contributed by atoms with Crippen molar-refractivity contribution in [2.45, 2.75) is 33.1 Å². The summed E-state index contributed by atoms with van der Waals surface area (Å²) < 4.78 is 5.89. The van der Waals surface area contributed by atoms with E-state index in [1.807, 2.05) is 20.8 Å². The van der Waals surface area contributed by atoms with Gasteiger partial charge in [-0.1, -0.05) is 19.9 Å². The molecule has 2 aromatic rings. The van der Waals surface area contributed by atoms with E-state index in [0.717, 1.165) is 12.1 Å². The number of halogens is 1. The third kappa shape index (κ3) is 5.90. The Kier molecular flexibility index (Phi) is 7.99. The SMILES string of the molecule is CCOCCCNC(=O)c1cccc(NC(=O)c2n[nH]c(C(C)C)c2Br)c1. The zero-order chi connectivity index (χ0) is 19.8. The predicted octanol–water partition coefficient (Wildman–Crippen LogP) is 3.70. The van der Waals surface area contributed by atoms with Gasteiger partial charge in [-0.2, -0.15) is 5.10 Å². The molecule has 0 saturated carbocycles. The number of benzene rings is 1. The highest BCUT2D eigenvalue weighted by Gasteiger charge is 2.19. The van der Waals surface area contributed by atoms with Crippen LogP contribution in [-0.2, 0) is 4.74 Å². The van der Waals surface area contributed by atoms with Gasteiger partial charge >= 0.3 is 0 Å². The second-order valence-corrected chi connectivity index (χ2v) is 7.09. The number of hydrogen-bond acceptors (Lipinski definition) is 4. The average molecular weight is 437 g/mol. The maximum atomic E-state index is 12.5. The average Bonchev–Trinajstić information content (AvgIpc) is 3.03. The van der Waals surface area contributed by atoms with Gasteiger partial charge < -0.3 is 15.4 Å². The van der Waals surface area contributed by atoms with Gasteiger partial charge in [-0.05, 0) is 53.4 Å². The van der Waals surface area contributed by atoms with Gasteiger partial charge in [0.05, 0.1) is 10.2 Å². The third-order valence-electron chi connectivity index (χ3n) is 3.86. The van der Waals surface area contributed by atoms with E-state index in [2.05, 4.69) is 36.8 Å². The molecular weight excluding hydrogens is 412 g/mol. The van der Waals surface area contributed by atoms with Gasteiger partial charge in [-0.15, -0.1) is 0 Å². The Labute approximate surface area is 167 Å². The molecule has 0 aliphatic heterocycles. The fourth-order valence-corrected chi connectivity index (χ4v) is 3.24. The first-order valence-corrected chi connectivity index (χ1v) is 9.74. The van der Waals surface area contributed by atoms with Crippen molar-refractivity contribution in [1.82, 2.24) is 15.5 Å². The minimum atomic E-state index is -0.348. The summed E-state index contributed by atoms with van der Waals surface area (Å²) in [6.45, 7) is 7.77. The number of hydrogen-bond donors (Lipinski definition) is 3. The zero-order valence-corrected chi connectivity index (χ0v) is 17.4. The summed E-state index contributed by atoms with van der Waals surface area (Å²) in [5, 5.41) is 12.6. The molecule has 8 heteroatoms. The summed E-state index contributed by atoms with van der Waals surface area (Å²) in [5.74, 6) is -0.326. The molecule has 1 heterocycles. The molecule has 0 aliphatic rings. The maximum absolute atomic E-state index is 12.5. The lowest BCUT2D eigenvalue weighted by molar-refractivity contribution is 0.0942. The molecule has 0 atom stereocenters. The number of carbonyl (C=O) groups is 2. The number of rotatable bonds is 9. The Balaban J connectivity index is 1.98. The summed E-state index contributed by atoms with van der Waals surface area (Å²) >= 11 is 3.42. The highest BCUT2D eigenvalue weighted by Crippen LogP contribution is 2.26. The van der Waals surface area contributed by atoms with Crippen molar-refractivity contribution >= 4 is 33.4 Å². The molecule has 1 aromatic carbocycles.